The van der Waals surface area contributed by atoms with Crippen molar-refractivity contribution >= 4 is 0 Å². The summed E-state index contributed by atoms with van der Waals surface area (Å²) in [6, 6.07) is 15.2. The molecule has 0 radical (unpaired) electrons. The second-order valence-electron chi connectivity index (χ2n) is 4.07. The summed E-state index contributed by atoms with van der Waals surface area (Å²) in [4.78, 5) is 0. The monoisotopic (exact) mass is 256 g/mol. The Morgan fingerprint density at radius 2 is 2.00 bits per heavy atom. The first-order valence-corrected chi connectivity index (χ1v) is 6.26. The summed E-state index contributed by atoms with van der Waals surface area (Å²) < 4.78 is 10.8. The Morgan fingerprint density at radius 1 is 1.16 bits per heavy atom. The van der Waals surface area contributed by atoms with E-state index >= 15 is 0 Å². The minimum absolute atomic E-state index is 0.351. The zero-order valence-electron chi connectivity index (χ0n) is 10.6. The molecule has 0 aliphatic carbocycles. The van der Waals surface area contributed by atoms with E-state index in [0.29, 0.717) is 18.9 Å². The molecule has 0 fully saturated rings. The number of hydrogen-bond donors (Lipinski definition) is 1. The lowest BCUT2D eigenvalue weighted by Crippen LogP contribution is -2.16. The molecule has 1 heterocycles. The first kappa shape index (κ1) is 13.2. The normalized spacial score (nSPS) is 10.1. The first-order valence-electron chi connectivity index (χ1n) is 6.26. The topological polar surface area (TPSA) is 58.2 Å². The van der Waals surface area contributed by atoms with Crippen LogP contribution < -0.4 is 10.1 Å². The predicted octanol–water partition coefficient (Wildman–Crippen LogP) is 2.71. The molecule has 2 aromatic rings. The number of nitrogens with zero attached hydrogens (tertiary/aromatic N) is 1. The third-order valence-electron chi connectivity index (χ3n) is 2.58. The van der Waals surface area contributed by atoms with E-state index in [4.69, 9.17) is 14.4 Å². The van der Waals surface area contributed by atoms with Crippen molar-refractivity contribution in [2.75, 3.05) is 13.2 Å². The molecule has 0 amide bonds. The molecule has 1 aromatic heterocycles. The van der Waals surface area contributed by atoms with Gasteiger partial charge in [0.2, 0.25) is 5.76 Å². The molecule has 0 atom stereocenters. The van der Waals surface area contributed by atoms with Gasteiger partial charge in [-0.25, -0.2) is 0 Å². The van der Waals surface area contributed by atoms with E-state index in [1.807, 2.05) is 42.5 Å². The maximum Gasteiger partial charge on any atom is 0.203 e. The molecule has 0 unspecified atom stereocenters. The Balaban J connectivity index is 1.56. The number of nitrogens with one attached hydrogen (secondary N) is 1. The molecule has 0 spiro atoms. The first-order chi connectivity index (χ1) is 9.38. The molecule has 1 aromatic carbocycles. The van der Waals surface area contributed by atoms with Crippen LogP contribution in [0.5, 0.6) is 5.75 Å². The maximum atomic E-state index is 8.62. The van der Waals surface area contributed by atoms with Crippen molar-refractivity contribution in [3.8, 4) is 11.8 Å². The lowest BCUT2D eigenvalue weighted by Gasteiger charge is -2.06. The van der Waals surface area contributed by atoms with Crippen LogP contribution in [-0.4, -0.2) is 13.2 Å². The van der Waals surface area contributed by atoms with Crippen molar-refractivity contribution < 1.29 is 9.15 Å². The van der Waals surface area contributed by atoms with E-state index in [0.717, 1.165) is 24.5 Å². The summed E-state index contributed by atoms with van der Waals surface area (Å²) in [5, 5.41) is 11.9. The lowest BCUT2D eigenvalue weighted by atomic mass is 10.3. The highest BCUT2D eigenvalue weighted by Gasteiger charge is 2.00. The summed E-state index contributed by atoms with van der Waals surface area (Å²) in [6.45, 7) is 2.15. The van der Waals surface area contributed by atoms with Crippen molar-refractivity contribution in [3.05, 3.63) is 54.0 Å². The second kappa shape index (κ2) is 7.24. The smallest absolute Gasteiger partial charge is 0.203 e. The fourth-order valence-corrected chi connectivity index (χ4v) is 1.65. The van der Waals surface area contributed by atoms with E-state index in [1.54, 1.807) is 6.07 Å². The minimum Gasteiger partial charge on any atom is -0.494 e. The van der Waals surface area contributed by atoms with Gasteiger partial charge in [0.1, 0.15) is 17.6 Å². The van der Waals surface area contributed by atoms with Crippen molar-refractivity contribution in [1.29, 1.82) is 5.26 Å². The van der Waals surface area contributed by atoms with Gasteiger partial charge in [-0.15, -0.1) is 0 Å². The fourth-order valence-electron chi connectivity index (χ4n) is 1.65. The zero-order valence-corrected chi connectivity index (χ0v) is 10.6. The van der Waals surface area contributed by atoms with Gasteiger partial charge in [0, 0.05) is 0 Å². The molecule has 0 saturated heterocycles. The number of benzene rings is 1. The molecule has 1 N–H and O–H groups in total. The van der Waals surface area contributed by atoms with Gasteiger partial charge in [0.25, 0.3) is 0 Å². The highest BCUT2D eigenvalue weighted by molar-refractivity contribution is 5.21. The Morgan fingerprint density at radius 3 is 2.74 bits per heavy atom. The fraction of sp³-hybridized carbons (Fsp3) is 0.267. The van der Waals surface area contributed by atoms with E-state index in [2.05, 4.69) is 5.32 Å². The van der Waals surface area contributed by atoms with Crippen LogP contribution in [0.4, 0.5) is 0 Å². The number of hydrogen-bond acceptors (Lipinski definition) is 4. The Kier molecular flexibility index (Phi) is 5.03. The molecule has 0 aliphatic rings. The summed E-state index contributed by atoms with van der Waals surface area (Å²) in [6.07, 6.45) is 0.917. The molecule has 0 bridgehead atoms. The van der Waals surface area contributed by atoms with Crippen LogP contribution >= 0.6 is 0 Å². The minimum atomic E-state index is 0.351. The third-order valence-corrected chi connectivity index (χ3v) is 2.58. The summed E-state index contributed by atoms with van der Waals surface area (Å²) in [7, 11) is 0. The van der Waals surface area contributed by atoms with Crippen LogP contribution in [0, 0.1) is 11.3 Å². The van der Waals surface area contributed by atoms with Gasteiger partial charge in [-0.2, -0.15) is 5.26 Å². The van der Waals surface area contributed by atoms with Crippen LogP contribution in [0.2, 0.25) is 0 Å². The van der Waals surface area contributed by atoms with Gasteiger partial charge < -0.3 is 14.5 Å². The van der Waals surface area contributed by atoms with Crippen LogP contribution in [0.25, 0.3) is 0 Å². The van der Waals surface area contributed by atoms with Gasteiger partial charge in [-0.05, 0) is 37.2 Å². The molecule has 2 rings (SSSR count). The van der Waals surface area contributed by atoms with Gasteiger partial charge in [-0.3, -0.25) is 0 Å². The lowest BCUT2D eigenvalue weighted by molar-refractivity contribution is 0.307. The van der Waals surface area contributed by atoms with Crippen molar-refractivity contribution in [3.63, 3.8) is 0 Å². The average Bonchev–Trinajstić information content (AvgIpc) is 2.92. The molecule has 0 saturated carbocycles. The SMILES string of the molecule is N#Cc1ccc(CNCCCOc2ccccc2)o1. The van der Waals surface area contributed by atoms with E-state index < -0.39 is 0 Å². The summed E-state index contributed by atoms with van der Waals surface area (Å²) in [5.74, 6) is 2.02. The molecule has 0 aliphatic heterocycles. The average molecular weight is 256 g/mol. The summed E-state index contributed by atoms with van der Waals surface area (Å²) in [5.41, 5.74) is 0. The Hall–Kier alpha value is -2.25. The summed E-state index contributed by atoms with van der Waals surface area (Å²) >= 11 is 0. The van der Waals surface area contributed by atoms with E-state index in [-0.39, 0.29) is 0 Å². The number of furan rings is 1. The Labute approximate surface area is 112 Å². The van der Waals surface area contributed by atoms with Gasteiger partial charge in [0.15, 0.2) is 0 Å². The molecular formula is C15H16N2O2. The van der Waals surface area contributed by atoms with Crippen molar-refractivity contribution in [2.45, 2.75) is 13.0 Å². The maximum absolute atomic E-state index is 8.62. The van der Waals surface area contributed by atoms with Crippen LogP contribution in [0.1, 0.15) is 17.9 Å². The van der Waals surface area contributed by atoms with Crippen LogP contribution in [-0.2, 0) is 6.54 Å². The van der Waals surface area contributed by atoms with Gasteiger partial charge in [0.05, 0.1) is 13.2 Å². The van der Waals surface area contributed by atoms with Crippen LogP contribution in [0.3, 0.4) is 0 Å². The van der Waals surface area contributed by atoms with Crippen molar-refractivity contribution in [2.24, 2.45) is 0 Å². The number of rotatable bonds is 7. The Bertz CT molecular complexity index is 529. The van der Waals surface area contributed by atoms with Gasteiger partial charge >= 0.3 is 0 Å². The molecule has 4 nitrogen and oxygen atoms in total. The number of para-hydroxylation sites is 1. The predicted molar refractivity (Wildman–Crippen MR) is 71.7 cm³/mol. The largest absolute Gasteiger partial charge is 0.494 e. The zero-order chi connectivity index (χ0) is 13.3. The van der Waals surface area contributed by atoms with E-state index in [1.165, 1.54) is 0 Å². The number of nitriles is 1. The molecule has 4 heteroatoms. The molecule has 98 valence electrons. The molecular weight excluding hydrogens is 240 g/mol. The standard InChI is InChI=1S/C15H16N2O2/c16-11-14-7-8-15(19-14)12-17-9-4-10-18-13-5-2-1-3-6-13/h1-3,5-8,17H,4,9-10,12H2. The van der Waals surface area contributed by atoms with Crippen LogP contribution in [0.15, 0.2) is 46.9 Å². The quantitative estimate of drug-likeness (QED) is 0.774. The third kappa shape index (κ3) is 4.49. The van der Waals surface area contributed by atoms with Crippen molar-refractivity contribution in [1.82, 2.24) is 5.32 Å². The molecule has 19 heavy (non-hydrogen) atoms. The number of ether oxygens (including phenoxy) is 1. The second-order valence-corrected chi connectivity index (χ2v) is 4.07. The van der Waals surface area contributed by atoms with E-state index in [9.17, 15) is 0 Å². The highest BCUT2D eigenvalue weighted by atomic mass is 16.5. The van der Waals surface area contributed by atoms with Gasteiger partial charge in [-0.1, -0.05) is 18.2 Å². The highest BCUT2D eigenvalue weighted by Crippen LogP contribution is 2.08.